The van der Waals surface area contributed by atoms with E-state index in [0.29, 0.717) is 0 Å². The van der Waals surface area contributed by atoms with E-state index >= 15 is 0 Å². The molecule has 0 aromatic rings. The van der Waals surface area contributed by atoms with Crippen molar-refractivity contribution in [2.24, 2.45) is 0 Å². The zero-order chi connectivity index (χ0) is 13.5. The van der Waals surface area contributed by atoms with E-state index in [1.807, 2.05) is 0 Å². The van der Waals surface area contributed by atoms with Gasteiger partial charge in [0, 0.05) is 0 Å². The van der Waals surface area contributed by atoms with Gasteiger partial charge in [-0.3, -0.25) is 0 Å². The van der Waals surface area contributed by atoms with Crippen LogP contribution < -0.4 is 0 Å². The molecular formula is C18H36. The summed E-state index contributed by atoms with van der Waals surface area (Å²) in [6.07, 6.45) is 20.7. The molecule has 0 unspecified atom stereocenters. The number of unbranched alkanes of at least 4 members (excludes halogenated alkanes) is 10. The maximum Gasteiger partial charge on any atom is -0.0323 e. The molecule has 18 heavy (non-hydrogen) atoms. The summed E-state index contributed by atoms with van der Waals surface area (Å²) < 4.78 is 0. The van der Waals surface area contributed by atoms with Crippen molar-refractivity contribution in [1.29, 1.82) is 0 Å². The first kappa shape index (κ1) is 17.7. The highest BCUT2D eigenvalue weighted by molar-refractivity contribution is 4.97. The molecule has 108 valence electrons. The van der Waals surface area contributed by atoms with Gasteiger partial charge in [-0.05, 0) is 32.6 Å². The van der Waals surface area contributed by atoms with Crippen LogP contribution in [-0.2, 0) is 0 Å². The summed E-state index contributed by atoms with van der Waals surface area (Å²) in [5.41, 5.74) is 1.63. The summed E-state index contributed by atoms with van der Waals surface area (Å²) in [6, 6.07) is 0. The van der Waals surface area contributed by atoms with Gasteiger partial charge < -0.3 is 0 Å². The Morgan fingerprint density at radius 2 is 1.17 bits per heavy atom. The van der Waals surface area contributed by atoms with Gasteiger partial charge in [-0.1, -0.05) is 83.3 Å². The smallest absolute Gasteiger partial charge is 0.0323 e. The highest BCUT2D eigenvalue weighted by atomic mass is 14.0. The van der Waals surface area contributed by atoms with Crippen LogP contribution in [0.4, 0.5) is 0 Å². The number of allylic oxidation sites excluding steroid dienone is 2. The van der Waals surface area contributed by atoms with Crippen LogP contribution in [0.25, 0.3) is 0 Å². The van der Waals surface area contributed by atoms with Crippen molar-refractivity contribution < 1.29 is 0 Å². The van der Waals surface area contributed by atoms with Crippen LogP contribution in [0, 0.1) is 0 Å². The Bertz CT molecular complexity index is 178. The lowest BCUT2D eigenvalue weighted by Gasteiger charge is -2.02. The monoisotopic (exact) mass is 252 g/mol. The molecule has 0 rings (SSSR count). The van der Waals surface area contributed by atoms with Crippen LogP contribution in [0.5, 0.6) is 0 Å². The average Bonchev–Trinajstić information content (AvgIpc) is 2.37. The Morgan fingerprint density at radius 3 is 1.78 bits per heavy atom. The Hall–Kier alpha value is -0.260. The molecule has 0 atom stereocenters. The second-order valence-electron chi connectivity index (χ2n) is 5.77. The molecule has 0 saturated heterocycles. The summed E-state index contributed by atoms with van der Waals surface area (Å²) in [5, 5.41) is 0. The van der Waals surface area contributed by atoms with E-state index in [1.54, 1.807) is 5.57 Å². The van der Waals surface area contributed by atoms with Crippen molar-refractivity contribution in [2.45, 2.75) is 104 Å². The van der Waals surface area contributed by atoms with Gasteiger partial charge in [0.2, 0.25) is 0 Å². The largest absolute Gasteiger partial charge is 0.0856 e. The van der Waals surface area contributed by atoms with Crippen molar-refractivity contribution in [3.05, 3.63) is 11.6 Å². The predicted octanol–water partition coefficient (Wildman–Crippen LogP) is 7.04. The quantitative estimate of drug-likeness (QED) is 0.243. The van der Waals surface area contributed by atoms with Crippen LogP contribution >= 0.6 is 0 Å². The molecule has 0 aliphatic heterocycles. The standard InChI is InChI=1S/C18H36/c1-4-6-8-10-11-13-15-17-18(3)16-14-12-9-7-5-2/h17H,4-16H2,1-3H3/b18-17+. The average molecular weight is 252 g/mol. The fourth-order valence-corrected chi connectivity index (χ4v) is 2.38. The van der Waals surface area contributed by atoms with E-state index < -0.39 is 0 Å². The number of hydrogen-bond donors (Lipinski definition) is 0. The zero-order valence-corrected chi connectivity index (χ0v) is 13.3. The fourth-order valence-electron chi connectivity index (χ4n) is 2.38. The summed E-state index contributed by atoms with van der Waals surface area (Å²) in [6.45, 7) is 6.88. The van der Waals surface area contributed by atoms with Gasteiger partial charge in [0.05, 0.1) is 0 Å². The van der Waals surface area contributed by atoms with Gasteiger partial charge in [0.15, 0.2) is 0 Å². The Labute approximate surface area is 116 Å². The minimum absolute atomic E-state index is 1.31. The second kappa shape index (κ2) is 14.8. The maximum atomic E-state index is 2.49. The second-order valence-corrected chi connectivity index (χ2v) is 5.77. The Kier molecular flexibility index (Phi) is 14.6. The zero-order valence-electron chi connectivity index (χ0n) is 13.3. The van der Waals surface area contributed by atoms with Crippen LogP contribution in [0.3, 0.4) is 0 Å². The van der Waals surface area contributed by atoms with Crippen LogP contribution in [0.1, 0.15) is 104 Å². The molecule has 0 aliphatic carbocycles. The first-order chi connectivity index (χ1) is 8.81. The summed E-state index contributed by atoms with van der Waals surface area (Å²) in [5.74, 6) is 0. The molecule has 0 spiro atoms. The molecule has 0 nitrogen and oxygen atoms in total. The predicted molar refractivity (Wildman–Crippen MR) is 85.1 cm³/mol. The molecular weight excluding hydrogens is 216 g/mol. The summed E-state index contributed by atoms with van der Waals surface area (Å²) >= 11 is 0. The van der Waals surface area contributed by atoms with Crippen LogP contribution in [-0.4, -0.2) is 0 Å². The molecule has 0 saturated carbocycles. The van der Waals surface area contributed by atoms with E-state index in [4.69, 9.17) is 0 Å². The Morgan fingerprint density at radius 1 is 0.667 bits per heavy atom. The topological polar surface area (TPSA) is 0 Å². The van der Waals surface area contributed by atoms with Crippen molar-refractivity contribution >= 4 is 0 Å². The molecule has 0 radical (unpaired) electrons. The molecule has 0 heteroatoms. The highest BCUT2D eigenvalue weighted by Crippen LogP contribution is 2.13. The normalized spacial score (nSPS) is 12.1. The first-order valence-electron chi connectivity index (χ1n) is 8.46. The molecule has 0 bridgehead atoms. The lowest BCUT2D eigenvalue weighted by molar-refractivity contribution is 0.608. The number of hydrogen-bond acceptors (Lipinski definition) is 0. The third kappa shape index (κ3) is 13.8. The molecule has 0 aromatic carbocycles. The molecule has 0 fully saturated rings. The van der Waals surface area contributed by atoms with Crippen molar-refractivity contribution in [3.63, 3.8) is 0 Å². The molecule has 0 heterocycles. The van der Waals surface area contributed by atoms with E-state index in [1.165, 1.54) is 83.5 Å². The van der Waals surface area contributed by atoms with E-state index in [2.05, 4.69) is 26.8 Å². The summed E-state index contributed by atoms with van der Waals surface area (Å²) in [7, 11) is 0. The lowest BCUT2D eigenvalue weighted by atomic mass is 10.0. The first-order valence-corrected chi connectivity index (χ1v) is 8.46. The van der Waals surface area contributed by atoms with Crippen LogP contribution in [0.15, 0.2) is 11.6 Å². The van der Waals surface area contributed by atoms with Crippen molar-refractivity contribution in [1.82, 2.24) is 0 Å². The van der Waals surface area contributed by atoms with E-state index in [-0.39, 0.29) is 0 Å². The lowest BCUT2D eigenvalue weighted by Crippen LogP contribution is -1.82. The van der Waals surface area contributed by atoms with Gasteiger partial charge in [-0.15, -0.1) is 0 Å². The minimum Gasteiger partial charge on any atom is -0.0856 e. The van der Waals surface area contributed by atoms with Gasteiger partial charge in [0.1, 0.15) is 0 Å². The SMILES string of the molecule is CCCCCCCC/C=C(\C)CCCCCCC. The third-order valence-corrected chi connectivity index (χ3v) is 3.73. The highest BCUT2D eigenvalue weighted by Gasteiger charge is 1.93. The van der Waals surface area contributed by atoms with E-state index in [0.717, 1.165) is 0 Å². The molecule has 0 amide bonds. The van der Waals surface area contributed by atoms with Crippen molar-refractivity contribution in [3.8, 4) is 0 Å². The molecule has 0 aliphatic rings. The van der Waals surface area contributed by atoms with Crippen LogP contribution in [0.2, 0.25) is 0 Å². The number of rotatable bonds is 13. The summed E-state index contributed by atoms with van der Waals surface area (Å²) in [4.78, 5) is 0. The maximum absolute atomic E-state index is 2.49. The minimum atomic E-state index is 1.31. The van der Waals surface area contributed by atoms with Gasteiger partial charge >= 0.3 is 0 Å². The van der Waals surface area contributed by atoms with Crippen molar-refractivity contribution in [2.75, 3.05) is 0 Å². The molecule has 0 N–H and O–H groups in total. The fraction of sp³-hybridized carbons (Fsp3) is 0.889. The third-order valence-electron chi connectivity index (χ3n) is 3.73. The van der Waals surface area contributed by atoms with Gasteiger partial charge in [-0.2, -0.15) is 0 Å². The van der Waals surface area contributed by atoms with Gasteiger partial charge in [0.25, 0.3) is 0 Å². The Balaban J connectivity index is 3.25. The van der Waals surface area contributed by atoms with Gasteiger partial charge in [-0.25, -0.2) is 0 Å². The van der Waals surface area contributed by atoms with E-state index in [9.17, 15) is 0 Å². The molecule has 0 aromatic heterocycles.